The van der Waals surface area contributed by atoms with Crippen LogP contribution < -0.4 is 4.74 Å². The lowest BCUT2D eigenvalue weighted by molar-refractivity contribution is -0.136. The lowest BCUT2D eigenvalue weighted by atomic mass is 10.0. The van der Waals surface area contributed by atoms with Crippen LogP contribution in [-0.4, -0.2) is 36.5 Å². The Morgan fingerprint density at radius 2 is 1.89 bits per heavy atom. The van der Waals surface area contributed by atoms with Crippen LogP contribution in [0.5, 0.6) is 5.75 Å². The summed E-state index contributed by atoms with van der Waals surface area (Å²) in [5.74, 6) is 0.182. The number of hydrogen-bond acceptors (Lipinski definition) is 4. The molecule has 28 heavy (non-hydrogen) atoms. The van der Waals surface area contributed by atoms with Crippen LogP contribution in [0.15, 0.2) is 48.5 Å². The Morgan fingerprint density at radius 1 is 1.14 bits per heavy atom. The molecular weight excluding hydrogens is 378 g/mol. The van der Waals surface area contributed by atoms with Gasteiger partial charge in [-0.25, -0.2) is 4.79 Å². The smallest absolute Gasteiger partial charge is 0.342 e. The van der Waals surface area contributed by atoms with Crippen molar-refractivity contribution in [3.63, 3.8) is 0 Å². The van der Waals surface area contributed by atoms with Crippen LogP contribution in [0, 0.1) is 5.92 Å². The van der Waals surface area contributed by atoms with E-state index in [9.17, 15) is 9.59 Å². The van der Waals surface area contributed by atoms with Crippen LogP contribution in [0.3, 0.4) is 0 Å². The zero-order chi connectivity index (χ0) is 19.9. The second-order valence-electron chi connectivity index (χ2n) is 7.07. The number of nitrogens with zero attached hydrogens (tertiary/aromatic N) is 1. The lowest BCUT2D eigenvalue weighted by Gasteiger charge is -2.30. The molecule has 1 amide bonds. The second-order valence-corrected chi connectivity index (χ2v) is 7.51. The number of hydrogen-bond donors (Lipinski definition) is 0. The molecular formula is C22H24ClNO4. The molecule has 0 aromatic heterocycles. The van der Waals surface area contributed by atoms with Gasteiger partial charge >= 0.3 is 5.97 Å². The van der Waals surface area contributed by atoms with Crippen molar-refractivity contribution in [2.24, 2.45) is 5.92 Å². The lowest BCUT2D eigenvalue weighted by Crippen LogP contribution is -2.41. The summed E-state index contributed by atoms with van der Waals surface area (Å²) >= 11 is 5.89. The SMILES string of the molecule is C[C@H]1CCCN(C(=O)COC(=O)c2ccccc2OCc2ccc(Cl)cc2)C1. The average Bonchev–Trinajstić information content (AvgIpc) is 2.71. The van der Waals surface area contributed by atoms with E-state index in [4.69, 9.17) is 21.1 Å². The Labute approximate surface area is 170 Å². The summed E-state index contributed by atoms with van der Waals surface area (Å²) in [6.45, 7) is 3.61. The van der Waals surface area contributed by atoms with Gasteiger partial charge in [-0.05, 0) is 48.6 Å². The monoisotopic (exact) mass is 401 g/mol. The molecule has 1 fully saturated rings. The minimum absolute atomic E-state index is 0.153. The molecule has 0 radical (unpaired) electrons. The topological polar surface area (TPSA) is 55.8 Å². The van der Waals surface area contributed by atoms with Gasteiger partial charge in [-0.3, -0.25) is 4.79 Å². The van der Waals surface area contributed by atoms with E-state index in [1.165, 1.54) is 0 Å². The molecule has 2 aromatic rings. The highest BCUT2D eigenvalue weighted by Gasteiger charge is 2.22. The Balaban J connectivity index is 1.57. The maximum absolute atomic E-state index is 12.5. The van der Waals surface area contributed by atoms with Gasteiger partial charge in [0.1, 0.15) is 17.9 Å². The van der Waals surface area contributed by atoms with E-state index < -0.39 is 5.97 Å². The van der Waals surface area contributed by atoms with Gasteiger partial charge in [0.15, 0.2) is 6.61 Å². The van der Waals surface area contributed by atoms with Crippen molar-refractivity contribution in [1.82, 2.24) is 4.90 Å². The van der Waals surface area contributed by atoms with E-state index in [0.29, 0.717) is 28.9 Å². The fraction of sp³-hybridized carbons (Fsp3) is 0.364. The Bertz CT molecular complexity index is 822. The third-order valence-corrected chi connectivity index (χ3v) is 5.00. The summed E-state index contributed by atoms with van der Waals surface area (Å²) in [6.07, 6.45) is 2.12. The highest BCUT2D eigenvalue weighted by molar-refractivity contribution is 6.30. The number of halogens is 1. The van der Waals surface area contributed by atoms with E-state index >= 15 is 0 Å². The quantitative estimate of drug-likeness (QED) is 0.676. The fourth-order valence-corrected chi connectivity index (χ4v) is 3.34. The molecule has 0 saturated carbocycles. The van der Waals surface area contributed by atoms with Crippen molar-refractivity contribution in [2.75, 3.05) is 19.7 Å². The largest absolute Gasteiger partial charge is 0.488 e. The van der Waals surface area contributed by atoms with Crippen LogP contribution in [0.25, 0.3) is 0 Å². The molecule has 0 aliphatic carbocycles. The van der Waals surface area contributed by atoms with Crippen molar-refractivity contribution < 1.29 is 19.1 Å². The minimum atomic E-state index is -0.565. The van der Waals surface area contributed by atoms with Crippen LogP contribution in [0.2, 0.25) is 5.02 Å². The second kappa shape index (κ2) is 9.60. The van der Waals surface area contributed by atoms with E-state index in [2.05, 4.69) is 6.92 Å². The van der Waals surface area contributed by atoms with Crippen LogP contribution in [-0.2, 0) is 16.1 Å². The summed E-state index contributed by atoms with van der Waals surface area (Å²) in [5.41, 5.74) is 1.23. The number of rotatable bonds is 6. The molecule has 1 atom stereocenters. The van der Waals surface area contributed by atoms with Crippen molar-refractivity contribution in [3.05, 3.63) is 64.7 Å². The molecule has 6 heteroatoms. The minimum Gasteiger partial charge on any atom is -0.488 e. The van der Waals surface area contributed by atoms with Crippen LogP contribution >= 0.6 is 11.6 Å². The fourth-order valence-electron chi connectivity index (χ4n) is 3.22. The normalized spacial score (nSPS) is 16.5. The molecule has 1 saturated heterocycles. The van der Waals surface area contributed by atoms with E-state index in [-0.39, 0.29) is 12.5 Å². The third kappa shape index (κ3) is 5.49. The predicted octanol–water partition coefficient (Wildman–Crippen LogP) is 4.33. The van der Waals surface area contributed by atoms with E-state index in [1.54, 1.807) is 41.3 Å². The van der Waals surface area contributed by atoms with Gasteiger partial charge < -0.3 is 14.4 Å². The molecule has 3 rings (SSSR count). The first-order valence-electron chi connectivity index (χ1n) is 9.44. The average molecular weight is 402 g/mol. The zero-order valence-electron chi connectivity index (χ0n) is 15.9. The molecule has 2 aromatic carbocycles. The number of para-hydroxylation sites is 1. The summed E-state index contributed by atoms with van der Waals surface area (Å²) in [6, 6.07) is 14.2. The van der Waals surface area contributed by atoms with E-state index in [0.717, 1.165) is 31.5 Å². The van der Waals surface area contributed by atoms with Crippen molar-refractivity contribution >= 4 is 23.5 Å². The maximum atomic E-state index is 12.5. The van der Waals surface area contributed by atoms with Crippen molar-refractivity contribution in [1.29, 1.82) is 0 Å². The summed E-state index contributed by atoms with van der Waals surface area (Å²) < 4.78 is 11.0. The molecule has 0 unspecified atom stereocenters. The molecule has 1 heterocycles. The van der Waals surface area contributed by atoms with Gasteiger partial charge in [0.05, 0.1) is 0 Å². The van der Waals surface area contributed by atoms with Gasteiger partial charge in [-0.15, -0.1) is 0 Å². The van der Waals surface area contributed by atoms with Crippen LogP contribution in [0.1, 0.15) is 35.7 Å². The zero-order valence-corrected chi connectivity index (χ0v) is 16.7. The Kier molecular flexibility index (Phi) is 6.93. The highest BCUT2D eigenvalue weighted by atomic mass is 35.5. The van der Waals surface area contributed by atoms with Gasteiger partial charge in [0.25, 0.3) is 5.91 Å². The maximum Gasteiger partial charge on any atom is 0.342 e. The van der Waals surface area contributed by atoms with Gasteiger partial charge in [-0.1, -0.05) is 42.8 Å². The summed E-state index contributed by atoms with van der Waals surface area (Å²) in [7, 11) is 0. The molecule has 1 aliphatic rings. The first-order valence-corrected chi connectivity index (χ1v) is 9.82. The molecule has 0 N–H and O–H groups in total. The number of amides is 1. The summed E-state index contributed by atoms with van der Waals surface area (Å²) in [5, 5.41) is 0.653. The first-order chi connectivity index (χ1) is 13.5. The van der Waals surface area contributed by atoms with Crippen molar-refractivity contribution in [3.8, 4) is 5.75 Å². The van der Waals surface area contributed by atoms with E-state index in [1.807, 2.05) is 12.1 Å². The molecule has 1 aliphatic heterocycles. The Morgan fingerprint density at radius 3 is 2.64 bits per heavy atom. The molecule has 148 valence electrons. The molecule has 5 nitrogen and oxygen atoms in total. The number of piperidine rings is 1. The number of carbonyl (C=O) groups excluding carboxylic acids is 2. The van der Waals surface area contributed by atoms with Gasteiger partial charge in [0, 0.05) is 18.1 Å². The standard InChI is InChI=1S/C22H24ClNO4/c1-16-5-4-12-24(13-16)21(25)15-28-22(26)19-6-2-3-7-20(19)27-14-17-8-10-18(23)11-9-17/h2-3,6-11,16H,4-5,12-15H2,1H3/t16-/m0/s1. The van der Waals surface area contributed by atoms with Crippen LogP contribution in [0.4, 0.5) is 0 Å². The number of carbonyl (C=O) groups is 2. The number of benzene rings is 2. The van der Waals surface area contributed by atoms with Crippen molar-refractivity contribution in [2.45, 2.75) is 26.4 Å². The van der Waals surface area contributed by atoms with Gasteiger partial charge in [-0.2, -0.15) is 0 Å². The van der Waals surface area contributed by atoms with Gasteiger partial charge in [0.2, 0.25) is 0 Å². The number of ether oxygens (including phenoxy) is 2. The summed E-state index contributed by atoms with van der Waals surface area (Å²) in [4.78, 5) is 26.6. The first kappa shape index (κ1) is 20.2. The molecule has 0 spiro atoms. The predicted molar refractivity (Wildman–Crippen MR) is 107 cm³/mol. The Hall–Kier alpha value is -2.53. The highest BCUT2D eigenvalue weighted by Crippen LogP contribution is 2.21. The third-order valence-electron chi connectivity index (χ3n) is 4.75. The number of esters is 1. The molecule has 0 bridgehead atoms. The number of likely N-dealkylation sites (tertiary alicyclic amines) is 1.